The number of hydrogen-bond acceptors (Lipinski definition) is 5. The lowest BCUT2D eigenvalue weighted by atomic mass is 9.98. The first-order valence-electron chi connectivity index (χ1n) is 9.41. The second-order valence-electron chi connectivity index (χ2n) is 7.12. The molecule has 1 aromatic carbocycles. The number of carbonyl (C=O) groups excluding carboxylic acids is 1. The Hall–Kier alpha value is -2.12. The molecule has 1 atom stereocenters. The summed E-state index contributed by atoms with van der Waals surface area (Å²) < 4.78 is 5.53. The van der Waals surface area contributed by atoms with Crippen LogP contribution in [-0.2, 0) is 6.54 Å². The largest absolute Gasteiger partial charge is 0.339 e. The molecule has 0 bridgehead atoms. The number of piperidine rings is 1. The molecule has 0 radical (unpaired) electrons. The van der Waals surface area contributed by atoms with Crippen LogP contribution in [0.15, 0.2) is 28.8 Å². The van der Waals surface area contributed by atoms with Gasteiger partial charge in [-0.25, -0.2) is 4.79 Å². The topological polar surface area (TPSA) is 88.5 Å². The number of rotatable bonds is 3. The Bertz CT molecular complexity index is 758. The lowest BCUT2D eigenvalue weighted by Crippen LogP contribution is -2.46. The maximum Gasteiger partial charge on any atom is 0.320 e. The number of carbonyl (C=O) groups is 1. The predicted molar refractivity (Wildman–Crippen MR) is 105 cm³/mol. The lowest BCUT2D eigenvalue weighted by molar-refractivity contribution is 0.142. The fraction of sp³-hybridized carbons (Fsp3) is 0.526. The highest BCUT2D eigenvalue weighted by Gasteiger charge is 2.31. The van der Waals surface area contributed by atoms with Gasteiger partial charge in [-0.2, -0.15) is 4.98 Å². The van der Waals surface area contributed by atoms with Gasteiger partial charge in [-0.15, -0.1) is 12.4 Å². The van der Waals surface area contributed by atoms with Gasteiger partial charge in [0, 0.05) is 38.3 Å². The molecule has 2 N–H and O–H groups in total. The average Bonchev–Trinajstić information content (AvgIpc) is 3.40. The van der Waals surface area contributed by atoms with Crippen molar-refractivity contribution in [1.82, 2.24) is 19.9 Å². The second kappa shape index (κ2) is 8.71. The molecule has 3 heterocycles. The molecule has 0 spiro atoms. The maximum absolute atomic E-state index is 12.6. The van der Waals surface area contributed by atoms with E-state index in [0.717, 1.165) is 56.4 Å². The summed E-state index contributed by atoms with van der Waals surface area (Å²) >= 11 is 0. The summed E-state index contributed by atoms with van der Waals surface area (Å²) in [6.07, 6.45) is 4.16. The minimum Gasteiger partial charge on any atom is -0.339 e. The molecule has 0 aliphatic carbocycles. The Balaban J connectivity index is 0.00000210. The molecule has 1 unspecified atom stereocenters. The Morgan fingerprint density at radius 3 is 2.52 bits per heavy atom. The Labute approximate surface area is 165 Å². The van der Waals surface area contributed by atoms with Crippen molar-refractivity contribution in [3.63, 3.8) is 0 Å². The summed E-state index contributed by atoms with van der Waals surface area (Å²) in [6.45, 7) is 3.74. The summed E-state index contributed by atoms with van der Waals surface area (Å²) in [7, 11) is 0. The van der Waals surface area contributed by atoms with Crippen LogP contribution in [0.5, 0.6) is 0 Å². The van der Waals surface area contributed by atoms with Gasteiger partial charge < -0.3 is 20.1 Å². The summed E-state index contributed by atoms with van der Waals surface area (Å²) in [5, 5.41) is 4.13. The standard InChI is InChI=1S/C19H25N5O2.ClH/c20-12-14-5-7-15(8-6-14)17-21-18(26-22-17)16-4-3-11-24(13-16)19(25)23-9-1-2-10-23;/h5-8,16H,1-4,9-13,20H2;1H. The van der Waals surface area contributed by atoms with Gasteiger partial charge in [-0.05, 0) is 31.2 Å². The fourth-order valence-electron chi connectivity index (χ4n) is 3.77. The summed E-state index contributed by atoms with van der Waals surface area (Å²) in [5.41, 5.74) is 7.62. The predicted octanol–water partition coefficient (Wildman–Crippen LogP) is 3.01. The normalized spacial score (nSPS) is 19.8. The number of likely N-dealkylation sites (tertiary alicyclic amines) is 2. The number of urea groups is 1. The molecule has 27 heavy (non-hydrogen) atoms. The van der Waals surface area contributed by atoms with Crippen molar-refractivity contribution in [3.8, 4) is 11.4 Å². The summed E-state index contributed by atoms with van der Waals surface area (Å²) in [4.78, 5) is 21.1. The third-order valence-corrected chi connectivity index (χ3v) is 5.31. The fourth-order valence-corrected chi connectivity index (χ4v) is 3.77. The molecule has 7 nitrogen and oxygen atoms in total. The van der Waals surface area contributed by atoms with Crippen molar-refractivity contribution in [2.75, 3.05) is 26.2 Å². The monoisotopic (exact) mass is 391 g/mol. The van der Waals surface area contributed by atoms with E-state index < -0.39 is 0 Å². The highest BCUT2D eigenvalue weighted by molar-refractivity contribution is 5.85. The van der Waals surface area contributed by atoms with E-state index in [2.05, 4.69) is 10.1 Å². The molecule has 2 aromatic rings. The van der Waals surface area contributed by atoms with Crippen LogP contribution in [0.3, 0.4) is 0 Å². The molecule has 4 rings (SSSR count). The molecule has 146 valence electrons. The highest BCUT2D eigenvalue weighted by Crippen LogP contribution is 2.28. The number of nitrogens with zero attached hydrogens (tertiary/aromatic N) is 4. The van der Waals surface area contributed by atoms with E-state index in [1.165, 1.54) is 0 Å². The number of halogens is 1. The molecule has 2 amide bonds. The van der Waals surface area contributed by atoms with Crippen LogP contribution in [0.2, 0.25) is 0 Å². The number of hydrogen-bond donors (Lipinski definition) is 1. The van der Waals surface area contributed by atoms with Gasteiger partial charge in [0.15, 0.2) is 0 Å². The van der Waals surface area contributed by atoms with Crippen LogP contribution in [0.25, 0.3) is 11.4 Å². The van der Waals surface area contributed by atoms with Gasteiger partial charge in [0.05, 0.1) is 5.92 Å². The first-order chi connectivity index (χ1) is 12.7. The van der Waals surface area contributed by atoms with Gasteiger partial charge in [-0.3, -0.25) is 0 Å². The Kier molecular flexibility index (Phi) is 6.34. The lowest BCUT2D eigenvalue weighted by Gasteiger charge is -2.33. The van der Waals surface area contributed by atoms with Crippen LogP contribution in [-0.4, -0.2) is 52.2 Å². The van der Waals surface area contributed by atoms with Crippen molar-refractivity contribution in [1.29, 1.82) is 0 Å². The average molecular weight is 392 g/mol. The minimum absolute atomic E-state index is 0. The van der Waals surface area contributed by atoms with Crippen molar-refractivity contribution >= 4 is 18.4 Å². The van der Waals surface area contributed by atoms with Gasteiger partial charge in [0.25, 0.3) is 0 Å². The zero-order chi connectivity index (χ0) is 17.9. The molecule has 2 fully saturated rings. The second-order valence-corrected chi connectivity index (χ2v) is 7.12. The summed E-state index contributed by atoms with van der Waals surface area (Å²) in [5.74, 6) is 1.33. The smallest absolute Gasteiger partial charge is 0.320 e. The molecule has 2 aliphatic rings. The van der Waals surface area contributed by atoms with Crippen molar-refractivity contribution < 1.29 is 9.32 Å². The van der Waals surface area contributed by atoms with E-state index in [9.17, 15) is 4.79 Å². The van der Waals surface area contributed by atoms with Crippen LogP contribution in [0.1, 0.15) is 43.1 Å². The molecule has 8 heteroatoms. The molecular formula is C19H26ClN5O2. The number of aromatic nitrogens is 2. The van der Waals surface area contributed by atoms with Gasteiger partial charge in [0.2, 0.25) is 11.7 Å². The molecule has 0 saturated carbocycles. The van der Waals surface area contributed by atoms with Crippen LogP contribution >= 0.6 is 12.4 Å². The molecular weight excluding hydrogens is 366 g/mol. The van der Waals surface area contributed by atoms with E-state index in [0.29, 0.717) is 24.8 Å². The Morgan fingerprint density at radius 2 is 1.81 bits per heavy atom. The number of amides is 2. The summed E-state index contributed by atoms with van der Waals surface area (Å²) in [6, 6.07) is 8.02. The van der Waals surface area contributed by atoms with Crippen molar-refractivity contribution in [2.45, 2.75) is 38.1 Å². The third-order valence-electron chi connectivity index (χ3n) is 5.31. The van der Waals surface area contributed by atoms with E-state index in [-0.39, 0.29) is 24.4 Å². The van der Waals surface area contributed by atoms with Crippen molar-refractivity contribution in [3.05, 3.63) is 35.7 Å². The zero-order valence-corrected chi connectivity index (χ0v) is 16.2. The van der Waals surface area contributed by atoms with Crippen LogP contribution in [0.4, 0.5) is 4.79 Å². The number of nitrogens with two attached hydrogens (primary N) is 1. The number of benzene rings is 1. The Morgan fingerprint density at radius 1 is 1.11 bits per heavy atom. The SMILES string of the molecule is Cl.NCc1ccc(-c2noc(C3CCCN(C(=O)N4CCCC4)C3)n2)cc1. The van der Waals surface area contributed by atoms with E-state index in [1.54, 1.807) is 0 Å². The molecule has 2 saturated heterocycles. The van der Waals surface area contributed by atoms with Crippen LogP contribution < -0.4 is 5.73 Å². The quantitative estimate of drug-likeness (QED) is 0.868. The van der Waals surface area contributed by atoms with Gasteiger partial charge in [-0.1, -0.05) is 29.4 Å². The van der Waals surface area contributed by atoms with E-state index in [4.69, 9.17) is 10.3 Å². The molecule has 1 aromatic heterocycles. The maximum atomic E-state index is 12.6. The third kappa shape index (κ3) is 4.25. The first-order valence-corrected chi connectivity index (χ1v) is 9.41. The minimum atomic E-state index is 0. The van der Waals surface area contributed by atoms with E-state index in [1.807, 2.05) is 34.1 Å². The zero-order valence-electron chi connectivity index (χ0n) is 15.3. The van der Waals surface area contributed by atoms with Gasteiger partial charge >= 0.3 is 6.03 Å². The van der Waals surface area contributed by atoms with E-state index >= 15 is 0 Å². The van der Waals surface area contributed by atoms with Gasteiger partial charge in [0.1, 0.15) is 0 Å². The van der Waals surface area contributed by atoms with Crippen LogP contribution in [0, 0.1) is 0 Å². The highest BCUT2D eigenvalue weighted by atomic mass is 35.5. The van der Waals surface area contributed by atoms with Crippen molar-refractivity contribution in [2.24, 2.45) is 5.73 Å². The molecule has 2 aliphatic heterocycles. The first kappa shape index (κ1) is 19.6.